The van der Waals surface area contributed by atoms with Gasteiger partial charge >= 0.3 is 0 Å². The van der Waals surface area contributed by atoms with Crippen molar-refractivity contribution in [3.8, 4) is 10.4 Å². The van der Waals surface area contributed by atoms with Crippen molar-refractivity contribution >= 4 is 40.3 Å². The molecule has 1 aliphatic carbocycles. The van der Waals surface area contributed by atoms with E-state index < -0.39 is 16.7 Å². The summed E-state index contributed by atoms with van der Waals surface area (Å²) in [5.41, 5.74) is 0.341. The molecule has 0 amide bonds. The van der Waals surface area contributed by atoms with Gasteiger partial charge in [-0.05, 0) is 76.4 Å². The molecule has 2 aromatic rings. The Bertz CT molecular complexity index is 951. The number of benzene rings is 1. The molecule has 0 aliphatic heterocycles. The number of carbonyl (C=O) groups excluding carboxylic acids is 3. The average Bonchev–Trinajstić information content (AvgIpc) is 2.97. The molecule has 0 saturated heterocycles. The van der Waals surface area contributed by atoms with E-state index in [1.807, 2.05) is 38.1 Å². The average molecular weight is 403 g/mol. The van der Waals surface area contributed by atoms with Crippen LogP contribution in [-0.2, 0) is 14.4 Å². The van der Waals surface area contributed by atoms with Crippen molar-refractivity contribution in [3.05, 3.63) is 45.3 Å². The standard InChI is InChI=1S/C22H23ClO3S/c1-11-9-13(7-8-15(11)23)16-10-14(12(2)27-16)17-18(24)21(3,4)20(26)22(5,6)19(17)25/h7-10,17H,1-6H3. The molecular formula is C22H23ClO3S. The number of rotatable bonds is 2. The van der Waals surface area contributed by atoms with E-state index in [0.29, 0.717) is 10.6 Å². The molecule has 0 N–H and O–H groups in total. The van der Waals surface area contributed by atoms with Crippen molar-refractivity contribution in [1.29, 1.82) is 0 Å². The van der Waals surface area contributed by atoms with Gasteiger partial charge in [-0.25, -0.2) is 0 Å². The predicted octanol–water partition coefficient (Wildman–Crippen LogP) is 5.54. The topological polar surface area (TPSA) is 51.2 Å². The fourth-order valence-electron chi connectivity index (χ4n) is 3.85. The largest absolute Gasteiger partial charge is 0.298 e. The second-order valence-electron chi connectivity index (χ2n) is 8.33. The van der Waals surface area contributed by atoms with Gasteiger partial charge in [-0.15, -0.1) is 11.3 Å². The summed E-state index contributed by atoms with van der Waals surface area (Å²) in [7, 11) is 0. The second kappa shape index (κ2) is 6.39. The van der Waals surface area contributed by atoms with Crippen LogP contribution >= 0.6 is 22.9 Å². The van der Waals surface area contributed by atoms with E-state index >= 15 is 0 Å². The van der Waals surface area contributed by atoms with E-state index in [1.54, 1.807) is 39.0 Å². The zero-order chi connectivity index (χ0) is 20.3. The van der Waals surface area contributed by atoms with Crippen LogP contribution in [0, 0.1) is 24.7 Å². The summed E-state index contributed by atoms with van der Waals surface area (Å²) in [5.74, 6) is -1.82. The zero-order valence-electron chi connectivity index (χ0n) is 16.4. The van der Waals surface area contributed by atoms with Crippen LogP contribution in [0.3, 0.4) is 0 Å². The highest BCUT2D eigenvalue weighted by atomic mass is 35.5. The van der Waals surface area contributed by atoms with Crippen LogP contribution in [0.25, 0.3) is 10.4 Å². The Balaban J connectivity index is 2.12. The molecule has 0 bridgehead atoms. The fraction of sp³-hybridized carbons (Fsp3) is 0.409. The Kier molecular flexibility index (Phi) is 4.72. The van der Waals surface area contributed by atoms with Crippen LogP contribution in [0.4, 0.5) is 0 Å². The van der Waals surface area contributed by atoms with Gasteiger partial charge in [0.2, 0.25) is 0 Å². The molecule has 3 nitrogen and oxygen atoms in total. The van der Waals surface area contributed by atoms with Crippen LogP contribution in [0.1, 0.15) is 49.6 Å². The number of Topliss-reactive ketones (excluding diaryl/α,β-unsaturated/α-hetero) is 3. The number of halogens is 1. The third-order valence-corrected chi connectivity index (χ3v) is 7.14. The van der Waals surface area contributed by atoms with Gasteiger partial charge in [0.15, 0.2) is 17.3 Å². The van der Waals surface area contributed by atoms with Gasteiger partial charge in [-0.1, -0.05) is 17.7 Å². The molecule has 3 rings (SSSR count). The van der Waals surface area contributed by atoms with Gasteiger partial charge in [0.05, 0.1) is 10.8 Å². The lowest BCUT2D eigenvalue weighted by molar-refractivity contribution is -0.157. The van der Waals surface area contributed by atoms with Crippen LogP contribution in [-0.4, -0.2) is 17.3 Å². The van der Waals surface area contributed by atoms with Crippen LogP contribution in [0.15, 0.2) is 24.3 Å². The van der Waals surface area contributed by atoms with Crippen molar-refractivity contribution in [2.24, 2.45) is 10.8 Å². The normalized spacial score (nSPS) is 19.6. The lowest BCUT2D eigenvalue weighted by atomic mass is 9.57. The maximum atomic E-state index is 13.1. The van der Waals surface area contributed by atoms with Gasteiger partial charge < -0.3 is 0 Å². The molecule has 1 aromatic carbocycles. The molecule has 1 heterocycles. The Hall–Kier alpha value is -1.78. The number of hydrogen-bond donors (Lipinski definition) is 0. The van der Waals surface area contributed by atoms with Gasteiger partial charge in [0.25, 0.3) is 0 Å². The van der Waals surface area contributed by atoms with E-state index in [4.69, 9.17) is 11.6 Å². The van der Waals surface area contributed by atoms with Gasteiger partial charge in [0, 0.05) is 14.8 Å². The summed E-state index contributed by atoms with van der Waals surface area (Å²) in [6.07, 6.45) is 0. The minimum atomic E-state index is -1.17. The minimum Gasteiger partial charge on any atom is -0.298 e. The first-order valence-corrected chi connectivity index (χ1v) is 10.1. The summed E-state index contributed by atoms with van der Waals surface area (Å²) >= 11 is 7.67. The Morgan fingerprint density at radius 1 is 0.926 bits per heavy atom. The van der Waals surface area contributed by atoms with Gasteiger partial charge in [0.1, 0.15) is 5.92 Å². The van der Waals surface area contributed by atoms with Crippen molar-refractivity contribution in [2.75, 3.05) is 0 Å². The van der Waals surface area contributed by atoms with E-state index in [-0.39, 0.29) is 17.3 Å². The van der Waals surface area contributed by atoms with Crippen molar-refractivity contribution in [2.45, 2.75) is 47.5 Å². The lowest BCUT2D eigenvalue weighted by Gasteiger charge is -2.40. The van der Waals surface area contributed by atoms with Gasteiger partial charge in [-0.3, -0.25) is 14.4 Å². The molecule has 0 spiro atoms. The van der Waals surface area contributed by atoms with Crippen molar-refractivity contribution < 1.29 is 14.4 Å². The third kappa shape index (κ3) is 2.99. The molecule has 0 radical (unpaired) electrons. The first-order valence-electron chi connectivity index (χ1n) is 8.89. The first kappa shape index (κ1) is 20.0. The van der Waals surface area contributed by atoms with E-state index in [0.717, 1.165) is 20.9 Å². The first-order chi connectivity index (χ1) is 12.4. The van der Waals surface area contributed by atoms with E-state index in [1.165, 1.54) is 0 Å². The number of hydrogen-bond acceptors (Lipinski definition) is 4. The Labute approximate surface area is 168 Å². The molecule has 5 heteroatoms. The van der Waals surface area contributed by atoms with Crippen LogP contribution in [0.2, 0.25) is 5.02 Å². The molecule has 1 saturated carbocycles. The number of thiophene rings is 1. The molecule has 27 heavy (non-hydrogen) atoms. The number of ketones is 3. The molecule has 142 valence electrons. The van der Waals surface area contributed by atoms with Crippen LogP contribution < -0.4 is 0 Å². The highest BCUT2D eigenvalue weighted by Crippen LogP contribution is 2.47. The third-order valence-electron chi connectivity index (χ3n) is 5.60. The van der Waals surface area contributed by atoms with Crippen LogP contribution in [0.5, 0.6) is 0 Å². The highest BCUT2D eigenvalue weighted by molar-refractivity contribution is 7.15. The molecule has 1 aliphatic rings. The quantitative estimate of drug-likeness (QED) is 0.619. The molecular weight excluding hydrogens is 380 g/mol. The predicted molar refractivity (Wildman–Crippen MR) is 110 cm³/mol. The Morgan fingerprint density at radius 2 is 1.48 bits per heavy atom. The molecule has 1 fully saturated rings. The minimum absolute atomic E-state index is 0.303. The lowest BCUT2D eigenvalue weighted by Crippen LogP contribution is -2.56. The maximum Gasteiger partial charge on any atom is 0.160 e. The van der Waals surface area contributed by atoms with Crippen molar-refractivity contribution in [3.63, 3.8) is 0 Å². The summed E-state index contributed by atoms with van der Waals surface area (Å²) in [6, 6.07) is 7.71. The van der Waals surface area contributed by atoms with Gasteiger partial charge in [-0.2, -0.15) is 0 Å². The molecule has 1 aromatic heterocycles. The maximum absolute atomic E-state index is 13.1. The number of carbonyl (C=O) groups is 3. The SMILES string of the molecule is Cc1cc(-c2cc(C3C(=O)C(C)(C)C(=O)C(C)(C)C3=O)c(C)s2)ccc1Cl. The summed E-state index contributed by atoms with van der Waals surface area (Å²) < 4.78 is 0. The van der Waals surface area contributed by atoms with E-state index in [2.05, 4.69) is 0 Å². The summed E-state index contributed by atoms with van der Waals surface area (Å²) in [5, 5.41) is 0.701. The van der Waals surface area contributed by atoms with Crippen molar-refractivity contribution in [1.82, 2.24) is 0 Å². The second-order valence-corrected chi connectivity index (χ2v) is 9.99. The molecule has 0 unspecified atom stereocenters. The summed E-state index contributed by atoms with van der Waals surface area (Å²) in [6.45, 7) is 10.4. The number of aryl methyl sites for hydroxylation is 2. The molecule has 0 atom stereocenters. The summed E-state index contributed by atoms with van der Waals surface area (Å²) in [4.78, 5) is 40.8. The zero-order valence-corrected chi connectivity index (χ0v) is 18.0. The fourth-order valence-corrected chi connectivity index (χ4v) is 5.02. The Morgan fingerprint density at radius 3 is 2.00 bits per heavy atom. The highest BCUT2D eigenvalue weighted by Gasteiger charge is 2.58. The monoisotopic (exact) mass is 402 g/mol. The smallest absolute Gasteiger partial charge is 0.160 e. The van der Waals surface area contributed by atoms with E-state index in [9.17, 15) is 14.4 Å².